The Kier molecular flexibility index (Phi) is 7.93. The quantitative estimate of drug-likeness (QED) is 0.197. The summed E-state index contributed by atoms with van der Waals surface area (Å²) in [5.41, 5.74) is 4.27. The number of aromatic nitrogens is 3. The minimum Gasteiger partial charge on any atom is -0.504 e. The average Bonchev–Trinajstić information content (AvgIpc) is 2.84. The summed E-state index contributed by atoms with van der Waals surface area (Å²) in [7, 11) is 0. The maximum atomic E-state index is 13.3. The Hall–Kier alpha value is -3.22. The third-order valence-corrected chi connectivity index (χ3v) is 5.91. The number of anilines is 4. The highest BCUT2D eigenvalue weighted by Crippen LogP contribution is 2.32. The van der Waals surface area contributed by atoms with Crippen LogP contribution in [0.2, 0.25) is 0 Å². The molecule has 0 unspecified atom stereocenters. The molecule has 0 bridgehead atoms. The molecule has 1 aliphatic heterocycles. The van der Waals surface area contributed by atoms with Gasteiger partial charge in [-0.1, -0.05) is 0 Å². The summed E-state index contributed by atoms with van der Waals surface area (Å²) in [6.07, 6.45) is 4.94. The topological polar surface area (TPSA) is 108 Å². The Morgan fingerprint density at radius 3 is 2.59 bits per heavy atom. The average molecular weight is 577 g/mol. The van der Waals surface area contributed by atoms with Crippen LogP contribution in [0.3, 0.4) is 0 Å². The number of hydrogen-bond donors (Lipinski definition) is 3. The largest absolute Gasteiger partial charge is 0.504 e. The van der Waals surface area contributed by atoms with Gasteiger partial charge >= 0.3 is 0 Å². The monoisotopic (exact) mass is 577 g/mol. The minimum atomic E-state index is -0.316. The molecule has 2 heterocycles. The Morgan fingerprint density at radius 1 is 1.12 bits per heavy atom. The molecule has 3 aromatic rings. The van der Waals surface area contributed by atoms with E-state index in [9.17, 15) is 9.50 Å². The highest BCUT2D eigenvalue weighted by Gasteiger charge is 2.16. The summed E-state index contributed by atoms with van der Waals surface area (Å²) < 4.78 is 19.4. The fourth-order valence-electron chi connectivity index (χ4n) is 3.47. The van der Waals surface area contributed by atoms with E-state index in [2.05, 4.69) is 35.7 Å². The number of halogens is 2. The number of hydrazone groups is 1. The molecule has 9 nitrogen and oxygen atoms in total. The third kappa shape index (κ3) is 6.22. The molecular weight excluding hydrogens is 552 g/mol. The number of nitrogens with one attached hydrogen (secondary N) is 2. The lowest BCUT2D eigenvalue weighted by molar-refractivity contribution is 0.317. The summed E-state index contributed by atoms with van der Waals surface area (Å²) in [5, 5.41) is 17.5. The molecule has 0 radical (unpaired) electrons. The Labute approximate surface area is 210 Å². The van der Waals surface area contributed by atoms with Gasteiger partial charge in [0, 0.05) is 18.8 Å². The van der Waals surface area contributed by atoms with Crippen molar-refractivity contribution in [1.29, 1.82) is 0 Å². The van der Waals surface area contributed by atoms with Crippen LogP contribution in [0.25, 0.3) is 0 Å². The van der Waals surface area contributed by atoms with Gasteiger partial charge in [0.25, 0.3) is 0 Å². The van der Waals surface area contributed by atoms with Gasteiger partial charge in [-0.2, -0.15) is 20.1 Å². The Bertz CT molecular complexity index is 1150. The molecule has 1 aromatic heterocycles. The predicted octanol–water partition coefficient (Wildman–Crippen LogP) is 4.90. The van der Waals surface area contributed by atoms with Gasteiger partial charge in [0.05, 0.1) is 16.4 Å². The van der Waals surface area contributed by atoms with Crippen LogP contribution in [0.4, 0.5) is 27.9 Å². The number of rotatable bonds is 8. The van der Waals surface area contributed by atoms with Crippen LogP contribution in [0.1, 0.15) is 31.7 Å². The van der Waals surface area contributed by atoms with Crippen LogP contribution < -0.4 is 20.4 Å². The molecule has 1 aliphatic rings. The van der Waals surface area contributed by atoms with E-state index in [0.717, 1.165) is 31.5 Å². The normalized spacial score (nSPS) is 13.8. The van der Waals surface area contributed by atoms with Crippen molar-refractivity contribution in [3.05, 3.63) is 51.3 Å². The molecule has 0 aliphatic carbocycles. The summed E-state index contributed by atoms with van der Waals surface area (Å²) in [6.45, 7) is 4.03. The molecule has 0 spiro atoms. The number of phenolic OH excluding ortho intramolecular Hbond substituents is 1. The second kappa shape index (κ2) is 11.3. The zero-order valence-corrected chi connectivity index (χ0v) is 20.8. The second-order valence-electron chi connectivity index (χ2n) is 7.61. The standard InChI is InChI=1S/C23H25FIN7O2/c1-2-34-19-13-15(12-18(25)20(19)33)14-26-31-22-28-21(27-17-8-6-16(24)7-9-17)29-23(30-22)32-10-4-3-5-11-32/h6-9,12-14,33H,2-5,10-11H2,1H3,(H2,27,28,29,30,31)/b26-14-. The maximum absolute atomic E-state index is 13.3. The predicted molar refractivity (Wildman–Crippen MR) is 139 cm³/mol. The van der Waals surface area contributed by atoms with Gasteiger partial charge in [0.15, 0.2) is 11.5 Å². The molecule has 178 valence electrons. The van der Waals surface area contributed by atoms with E-state index in [4.69, 9.17) is 4.74 Å². The SMILES string of the molecule is CCOc1cc(/C=N\Nc2nc(Nc3ccc(F)cc3)nc(N3CCCCC3)n2)cc(I)c1O. The van der Waals surface area contributed by atoms with Crippen LogP contribution >= 0.6 is 22.6 Å². The Morgan fingerprint density at radius 2 is 1.85 bits per heavy atom. The van der Waals surface area contributed by atoms with Crippen LogP contribution in [-0.4, -0.2) is 46.0 Å². The fraction of sp³-hybridized carbons (Fsp3) is 0.304. The summed E-state index contributed by atoms with van der Waals surface area (Å²) in [5.74, 6) is 1.34. The summed E-state index contributed by atoms with van der Waals surface area (Å²) >= 11 is 2.04. The number of hydrogen-bond acceptors (Lipinski definition) is 9. The maximum Gasteiger partial charge on any atom is 0.250 e. The van der Waals surface area contributed by atoms with E-state index >= 15 is 0 Å². The van der Waals surface area contributed by atoms with Gasteiger partial charge < -0.3 is 20.1 Å². The van der Waals surface area contributed by atoms with Gasteiger partial charge in [-0.05, 0) is 90.7 Å². The highest BCUT2D eigenvalue weighted by atomic mass is 127. The molecule has 0 atom stereocenters. The molecule has 1 saturated heterocycles. The minimum absolute atomic E-state index is 0.104. The summed E-state index contributed by atoms with van der Waals surface area (Å²) in [6, 6.07) is 9.47. The molecular formula is C23H25FIN7O2. The van der Waals surface area contributed by atoms with Crippen molar-refractivity contribution in [2.24, 2.45) is 5.10 Å². The van der Waals surface area contributed by atoms with Crippen LogP contribution in [0.5, 0.6) is 11.5 Å². The van der Waals surface area contributed by atoms with Crippen molar-refractivity contribution in [1.82, 2.24) is 15.0 Å². The van der Waals surface area contributed by atoms with Gasteiger partial charge in [-0.25, -0.2) is 9.82 Å². The zero-order valence-electron chi connectivity index (χ0n) is 18.6. The number of benzene rings is 2. The lowest BCUT2D eigenvalue weighted by Crippen LogP contribution is -2.31. The van der Waals surface area contributed by atoms with Gasteiger partial charge in [0.2, 0.25) is 17.8 Å². The van der Waals surface area contributed by atoms with E-state index < -0.39 is 0 Å². The number of aromatic hydroxyl groups is 1. The first-order chi connectivity index (χ1) is 16.5. The van der Waals surface area contributed by atoms with Gasteiger partial charge in [-0.15, -0.1) is 0 Å². The van der Waals surface area contributed by atoms with Crippen molar-refractivity contribution >= 4 is 52.3 Å². The molecule has 11 heteroatoms. The number of piperidine rings is 1. The van der Waals surface area contributed by atoms with E-state index in [1.54, 1.807) is 30.5 Å². The summed E-state index contributed by atoms with van der Waals surface area (Å²) in [4.78, 5) is 15.6. The second-order valence-corrected chi connectivity index (χ2v) is 8.78. The smallest absolute Gasteiger partial charge is 0.250 e. The lowest BCUT2D eigenvalue weighted by Gasteiger charge is -2.26. The molecule has 1 fully saturated rings. The molecule has 34 heavy (non-hydrogen) atoms. The third-order valence-electron chi connectivity index (χ3n) is 5.09. The van der Waals surface area contributed by atoms with E-state index in [1.165, 1.54) is 18.6 Å². The zero-order chi connectivity index (χ0) is 23.9. The van der Waals surface area contributed by atoms with Crippen molar-refractivity contribution < 1.29 is 14.2 Å². The molecule has 2 aromatic carbocycles. The first-order valence-corrected chi connectivity index (χ1v) is 12.1. The molecule has 0 amide bonds. The number of ether oxygens (including phenoxy) is 1. The van der Waals surface area contributed by atoms with E-state index in [1.807, 2.05) is 29.5 Å². The van der Waals surface area contributed by atoms with Crippen molar-refractivity contribution in [2.45, 2.75) is 26.2 Å². The molecule has 0 saturated carbocycles. The van der Waals surface area contributed by atoms with Crippen LogP contribution in [0, 0.1) is 9.39 Å². The van der Waals surface area contributed by atoms with Crippen LogP contribution in [0.15, 0.2) is 41.5 Å². The molecule has 3 N–H and O–H groups in total. The Balaban J connectivity index is 1.56. The molecule has 4 rings (SSSR count). The van der Waals surface area contributed by atoms with Gasteiger partial charge in [-0.3, -0.25) is 0 Å². The van der Waals surface area contributed by atoms with Crippen molar-refractivity contribution in [3.8, 4) is 11.5 Å². The van der Waals surface area contributed by atoms with E-state index in [-0.39, 0.29) is 17.5 Å². The lowest BCUT2D eigenvalue weighted by atomic mass is 10.1. The number of nitrogens with zero attached hydrogens (tertiary/aromatic N) is 5. The number of phenols is 1. The van der Waals surface area contributed by atoms with Crippen molar-refractivity contribution in [2.75, 3.05) is 35.3 Å². The van der Waals surface area contributed by atoms with Crippen LogP contribution in [-0.2, 0) is 0 Å². The van der Waals surface area contributed by atoms with Crippen molar-refractivity contribution in [3.63, 3.8) is 0 Å². The first kappa shape index (κ1) is 23.9. The first-order valence-electron chi connectivity index (χ1n) is 11.0. The fourth-order valence-corrected chi connectivity index (χ4v) is 4.09. The van der Waals surface area contributed by atoms with E-state index in [0.29, 0.717) is 33.5 Å². The van der Waals surface area contributed by atoms with Gasteiger partial charge in [0.1, 0.15) is 5.82 Å². The highest BCUT2D eigenvalue weighted by molar-refractivity contribution is 14.1.